The van der Waals surface area contributed by atoms with Crippen LogP contribution in [0.25, 0.3) is 0 Å². The average molecular weight is 346 g/mol. The second-order valence-electron chi connectivity index (χ2n) is 6.22. The van der Waals surface area contributed by atoms with Crippen LogP contribution in [0.3, 0.4) is 0 Å². The van der Waals surface area contributed by atoms with Crippen LogP contribution in [0.15, 0.2) is 0 Å². The minimum Gasteiger partial charge on any atom is -0.476 e. The summed E-state index contributed by atoms with van der Waals surface area (Å²) in [5, 5.41) is 9.09. The summed E-state index contributed by atoms with van der Waals surface area (Å²) in [4.78, 5) is 15.5. The summed E-state index contributed by atoms with van der Waals surface area (Å²) < 4.78 is 27.4. The van der Waals surface area contributed by atoms with Crippen molar-refractivity contribution in [2.45, 2.75) is 51.8 Å². The Labute approximate surface area is 135 Å². The minimum atomic E-state index is -3.40. The Bertz CT molecular complexity index is 644. The van der Waals surface area contributed by atoms with E-state index in [4.69, 9.17) is 5.11 Å². The summed E-state index contributed by atoms with van der Waals surface area (Å²) in [5.74, 6) is -0.269. The molecule has 1 aliphatic carbocycles. The quantitative estimate of drug-likeness (QED) is 0.853. The molecular weight excluding hydrogens is 324 g/mol. The molecule has 0 aliphatic heterocycles. The van der Waals surface area contributed by atoms with Crippen molar-refractivity contribution in [2.75, 3.05) is 0 Å². The summed E-state index contributed by atoms with van der Waals surface area (Å²) in [6, 6.07) is 0. The number of nitrogens with zero attached hydrogens (tertiary/aromatic N) is 1. The highest BCUT2D eigenvalue weighted by Crippen LogP contribution is 2.32. The number of hydrogen-bond donors (Lipinski definition) is 2. The van der Waals surface area contributed by atoms with E-state index in [2.05, 4.69) is 23.6 Å². The number of aromatic carboxylic acids is 1. The van der Waals surface area contributed by atoms with Gasteiger partial charge < -0.3 is 5.11 Å². The van der Waals surface area contributed by atoms with E-state index in [1.807, 2.05) is 0 Å². The first-order chi connectivity index (χ1) is 10.2. The van der Waals surface area contributed by atoms with Crippen LogP contribution in [0.2, 0.25) is 0 Å². The summed E-state index contributed by atoms with van der Waals surface area (Å²) in [6.45, 7) is 5.90. The first-order valence-electron chi connectivity index (χ1n) is 7.37. The lowest BCUT2D eigenvalue weighted by molar-refractivity contribution is 0.0690. The van der Waals surface area contributed by atoms with E-state index < -0.39 is 16.0 Å². The number of thiazole rings is 1. The molecule has 124 valence electrons. The van der Waals surface area contributed by atoms with Gasteiger partial charge in [0.15, 0.2) is 5.69 Å². The van der Waals surface area contributed by atoms with Crippen LogP contribution < -0.4 is 4.72 Å². The number of hydrogen-bond acceptors (Lipinski definition) is 5. The molecule has 0 saturated heterocycles. The maximum atomic E-state index is 12.4. The third-order valence-electron chi connectivity index (χ3n) is 4.04. The lowest BCUT2D eigenvalue weighted by Crippen LogP contribution is -2.38. The van der Waals surface area contributed by atoms with E-state index in [1.165, 1.54) is 11.3 Å². The van der Waals surface area contributed by atoms with Gasteiger partial charge in [0.1, 0.15) is 5.01 Å². The van der Waals surface area contributed by atoms with Crippen molar-refractivity contribution in [3.63, 3.8) is 0 Å². The molecule has 1 fully saturated rings. The zero-order valence-electron chi connectivity index (χ0n) is 13.0. The van der Waals surface area contributed by atoms with E-state index in [0.717, 1.165) is 6.42 Å². The molecular formula is C14H22N2O4S2. The number of aryl methyl sites for hydroxylation is 1. The normalized spacial score (nSPS) is 26.0. The predicted molar refractivity (Wildman–Crippen MR) is 85.5 cm³/mol. The third-order valence-corrected chi connectivity index (χ3v) is 6.82. The zero-order valence-corrected chi connectivity index (χ0v) is 14.6. The Morgan fingerprint density at radius 1 is 1.32 bits per heavy atom. The van der Waals surface area contributed by atoms with Crippen molar-refractivity contribution in [3.05, 3.63) is 15.6 Å². The van der Waals surface area contributed by atoms with Gasteiger partial charge in [-0.1, -0.05) is 13.8 Å². The fourth-order valence-corrected chi connectivity index (χ4v) is 5.83. The average Bonchev–Trinajstić information content (AvgIpc) is 2.77. The second kappa shape index (κ2) is 6.64. The summed E-state index contributed by atoms with van der Waals surface area (Å²) in [7, 11) is -3.40. The smallest absolute Gasteiger partial charge is 0.355 e. The first-order valence-corrected chi connectivity index (χ1v) is 9.73. The lowest BCUT2D eigenvalue weighted by atomic mass is 9.83. The Balaban J connectivity index is 2.03. The fraction of sp³-hybridized carbons (Fsp3) is 0.714. The summed E-state index contributed by atoms with van der Waals surface area (Å²) in [5.41, 5.74) is -0.000825. The highest BCUT2D eigenvalue weighted by molar-refractivity contribution is 7.90. The monoisotopic (exact) mass is 346 g/mol. The van der Waals surface area contributed by atoms with Gasteiger partial charge in [-0.25, -0.2) is 22.9 Å². The van der Waals surface area contributed by atoms with E-state index in [0.29, 0.717) is 34.6 Å². The molecule has 22 heavy (non-hydrogen) atoms. The Morgan fingerprint density at radius 3 is 2.41 bits per heavy atom. The molecule has 0 amide bonds. The molecule has 1 aromatic rings. The van der Waals surface area contributed by atoms with Crippen molar-refractivity contribution in [1.29, 1.82) is 0 Å². The van der Waals surface area contributed by atoms with Gasteiger partial charge in [-0.3, -0.25) is 0 Å². The molecule has 0 aromatic carbocycles. The molecule has 2 rings (SSSR count). The number of carboxylic acid groups (broad SMARTS) is 1. The van der Waals surface area contributed by atoms with Crippen LogP contribution in [0.4, 0.5) is 0 Å². The molecule has 1 aromatic heterocycles. The molecule has 1 heterocycles. The van der Waals surface area contributed by atoms with E-state index in [-0.39, 0.29) is 17.5 Å². The van der Waals surface area contributed by atoms with Crippen LogP contribution in [-0.2, 0) is 16.6 Å². The first kappa shape index (κ1) is 17.4. The number of nitrogens with one attached hydrogen (secondary N) is 1. The SMILES string of the molecule is Cc1sc(CNS(=O)(=O)C2CC(C)CC(C)C2)nc1C(=O)O. The van der Waals surface area contributed by atoms with Gasteiger partial charge in [0.05, 0.1) is 11.8 Å². The minimum absolute atomic E-state index is 0.000825. The van der Waals surface area contributed by atoms with E-state index in [1.54, 1.807) is 6.92 Å². The maximum absolute atomic E-state index is 12.4. The molecule has 2 atom stereocenters. The lowest BCUT2D eigenvalue weighted by Gasteiger charge is -2.31. The number of carboxylic acids is 1. The topological polar surface area (TPSA) is 96.4 Å². The molecule has 0 bridgehead atoms. The van der Waals surface area contributed by atoms with Gasteiger partial charge in [-0.2, -0.15) is 0 Å². The fourth-order valence-electron chi connectivity index (χ4n) is 3.13. The van der Waals surface area contributed by atoms with Gasteiger partial charge in [0.25, 0.3) is 0 Å². The zero-order chi connectivity index (χ0) is 16.5. The van der Waals surface area contributed by atoms with Crippen molar-refractivity contribution in [2.24, 2.45) is 11.8 Å². The highest BCUT2D eigenvalue weighted by atomic mass is 32.2. The van der Waals surface area contributed by atoms with Crippen molar-refractivity contribution in [1.82, 2.24) is 9.71 Å². The van der Waals surface area contributed by atoms with Crippen LogP contribution in [-0.4, -0.2) is 29.7 Å². The van der Waals surface area contributed by atoms with Crippen molar-refractivity contribution in [3.8, 4) is 0 Å². The molecule has 6 nitrogen and oxygen atoms in total. The van der Waals surface area contributed by atoms with Gasteiger partial charge in [0.2, 0.25) is 10.0 Å². The van der Waals surface area contributed by atoms with Gasteiger partial charge >= 0.3 is 5.97 Å². The van der Waals surface area contributed by atoms with E-state index >= 15 is 0 Å². The van der Waals surface area contributed by atoms with E-state index in [9.17, 15) is 13.2 Å². The molecule has 0 radical (unpaired) electrons. The molecule has 1 saturated carbocycles. The number of sulfonamides is 1. The Hall–Kier alpha value is -0.990. The largest absolute Gasteiger partial charge is 0.476 e. The number of rotatable bonds is 5. The highest BCUT2D eigenvalue weighted by Gasteiger charge is 2.33. The third kappa shape index (κ3) is 4.05. The molecule has 8 heteroatoms. The summed E-state index contributed by atoms with van der Waals surface area (Å²) in [6.07, 6.45) is 2.42. The van der Waals surface area contributed by atoms with Gasteiger partial charge in [0, 0.05) is 4.88 Å². The van der Waals surface area contributed by atoms with Crippen LogP contribution in [0.5, 0.6) is 0 Å². The Kier molecular flexibility index (Phi) is 5.24. The standard InChI is InChI=1S/C14H22N2O4S2/c1-8-4-9(2)6-11(5-8)22(19,20)15-7-12-16-13(14(17)18)10(3)21-12/h8-9,11,15H,4-7H2,1-3H3,(H,17,18). The molecule has 0 spiro atoms. The number of aromatic nitrogens is 1. The van der Waals surface area contributed by atoms with Crippen LogP contribution in [0, 0.1) is 18.8 Å². The maximum Gasteiger partial charge on any atom is 0.355 e. The number of carbonyl (C=O) groups is 1. The van der Waals surface area contributed by atoms with Crippen LogP contribution >= 0.6 is 11.3 Å². The molecule has 1 aliphatic rings. The predicted octanol–water partition coefficient (Wildman–Crippen LogP) is 2.39. The summed E-state index contributed by atoms with van der Waals surface area (Å²) >= 11 is 1.21. The second-order valence-corrected chi connectivity index (χ2v) is 9.56. The van der Waals surface area contributed by atoms with Crippen molar-refractivity contribution >= 4 is 27.3 Å². The molecule has 2 unspecified atom stereocenters. The molecule has 2 N–H and O–H groups in total. The van der Waals surface area contributed by atoms with Crippen LogP contribution in [0.1, 0.15) is 53.5 Å². The van der Waals surface area contributed by atoms with Crippen molar-refractivity contribution < 1.29 is 18.3 Å². The Morgan fingerprint density at radius 2 is 1.91 bits per heavy atom. The van der Waals surface area contributed by atoms with Gasteiger partial charge in [-0.05, 0) is 38.0 Å². The van der Waals surface area contributed by atoms with Gasteiger partial charge in [-0.15, -0.1) is 11.3 Å².